The quantitative estimate of drug-likeness (QED) is 0.763. The molecule has 0 fully saturated rings. The SMILES string of the molecule is CNC(CSc1ccc(Br)cc1)c1c(Br)cnn1C. The monoisotopic (exact) mass is 403 g/mol. The molecule has 0 aliphatic rings. The van der Waals surface area contributed by atoms with Crippen LogP contribution in [0.15, 0.2) is 44.3 Å². The van der Waals surface area contributed by atoms with Crippen molar-refractivity contribution in [2.75, 3.05) is 12.8 Å². The fraction of sp³-hybridized carbons (Fsp3) is 0.308. The summed E-state index contributed by atoms with van der Waals surface area (Å²) in [6.07, 6.45) is 1.84. The zero-order chi connectivity index (χ0) is 13.8. The lowest BCUT2D eigenvalue weighted by Crippen LogP contribution is -2.22. The summed E-state index contributed by atoms with van der Waals surface area (Å²) >= 11 is 8.84. The van der Waals surface area contributed by atoms with E-state index < -0.39 is 0 Å². The minimum atomic E-state index is 0.260. The molecule has 0 radical (unpaired) electrons. The fourth-order valence-corrected chi connectivity index (χ4v) is 3.72. The number of benzene rings is 1. The van der Waals surface area contributed by atoms with Gasteiger partial charge in [0.05, 0.1) is 22.4 Å². The highest BCUT2D eigenvalue weighted by Gasteiger charge is 2.17. The third-order valence-corrected chi connectivity index (χ3v) is 5.09. The van der Waals surface area contributed by atoms with Crippen LogP contribution in [0.25, 0.3) is 0 Å². The zero-order valence-electron chi connectivity index (χ0n) is 10.7. The standard InChI is InChI=1S/C13H15Br2N3S/c1-16-12(13-11(15)7-17-18(13)2)8-19-10-5-3-9(14)4-6-10/h3-7,12,16H,8H2,1-2H3. The second kappa shape index (κ2) is 6.92. The second-order valence-corrected chi connectivity index (χ2v) is 6.97. The second-order valence-electron chi connectivity index (χ2n) is 4.11. The highest BCUT2D eigenvalue weighted by atomic mass is 79.9. The van der Waals surface area contributed by atoms with Crippen LogP contribution in [-0.4, -0.2) is 22.6 Å². The van der Waals surface area contributed by atoms with Gasteiger partial charge in [-0.1, -0.05) is 15.9 Å². The molecule has 1 heterocycles. The van der Waals surface area contributed by atoms with E-state index in [1.165, 1.54) is 10.6 Å². The van der Waals surface area contributed by atoms with E-state index >= 15 is 0 Å². The highest BCUT2D eigenvalue weighted by Crippen LogP contribution is 2.29. The Morgan fingerprint density at radius 3 is 2.53 bits per heavy atom. The van der Waals surface area contributed by atoms with Gasteiger partial charge in [-0.2, -0.15) is 5.10 Å². The van der Waals surface area contributed by atoms with Crippen molar-refractivity contribution in [3.05, 3.63) is 45.1 Å². The van der Waals surface area contributed by atoms with Crippen molar-refractivity contribution < 1.29 is 0 Å². The van der Waals surface area contributed by atoms with E-state index in [1.54, 1.807) is 0 Å². The lowest BCUT2D eigenvalue weighted by atomic mass is 10.2. The first-order valence-electron chi connectivity index (χ1n) is 5.85. The van der Waals surface area contributed by atoms with Crippen LogP contribution in [0.5, 0.6) is 0 Å². The zero-order valence-corrected chi connectivity index (χ0v) is 14.7. The molecule has 2 rings (SSSR count). The van der Waals surface area contributed by atoms with Crippen molar-refractivity contribution in [3.63, 3.8) is 0 Å². The summed E-state index contributed by atoms with van der Waals surface area (Å²) in [6.45, 7) is 0. The van der Waals surface area contributed by atoms with Crippen LogP contribution < -0.4 is 5.32 Å². The first kappa shape index (κ1) is 15.1. The Hall–Kier alpha value is -0.300. The highest BCUT2D eigenvalue weighted by molar-refractivity contribution is 9.10. The molecule has 1 aromatic heterocycles. The maximum absolute atomic E-state index is 4.27. The molecule has 1 atom stereocenters. The lowest BCUT2D eigenvalue weighted by molar-refractivity contribution is 0.583. The Bertz CT molecular complexity index is 520. The number of hydrogen-bond acceptors (Lipinski definition) is 3. The van der Waals surface area contributed by atoms with E-state index in [2.05, 4.69) is 66.5 Å². The molecule has 1 unspecified atom stereocenters. The molecule has 3 nitrogen and oxygen atoms in total. The molecule has 0 aliphatic carbocycles. The van der Waals surface area contributed by atoms with Crippen LogP contribution in [0, 0.1) is 0 Å². The Kier molecular flexibility index (Phi) is 5.50. The van der Waals surface area contributed by atoms with Gasteiger partial charge in [0, 0.05) is 22.2 Å². The third kappa shape index (κ3) is 3.84. The molecule has 0 saturated heterocycles. The van der Waals surface area contributed by atoms with E-state index in [9.17, 15) is 0 Å². The molecule has 0 aliphatic heterocycles. The van der Waals surface area contributed by atoms with Crippen LogP contribution in [0.3, 0.4) is 0 Å². The van der Waals surface area contributed by atoms with E-state index in [0.29, 0.717) is 0 Å². The number of thioether (sulfide) groups is 1. The Morgan fingerprint density at radius 1 is 1.32 bits per heavy atom. The predicted octanol–water partition coefficient (Wildman–Crippen LogP) is 4.00. The number of nitrogens with one attached hydrogen (secondary N) is 1. The van der Waals surface area contributed by atoms with Crippen LogP contribution >= 0.6 is 43.6 Å². The molecule has 0 spiro atoms. The average Bonchev–Trinajstić information content (AvgIpc) is 2.73. The first-order valence-corrected chi connectivity index (χ1v) is 8.42. The minimum absolute atomic E-state index is 0.260. The maximum atomic E-state index is 4.27. The Morgan fingerprint density at radius 2 is 2.00 bits per heavy atom. The first-order chi connectivity index (χ1) is 9.11. The van der Waals surface area contributed by atoms with Crippen molar-refractivity contribution in [3.8, 4) is 0 Å². The maximum Gasteiger partial charge on any atom is 0.0700 e. The van der Waals surface area contributed by atoms with Crippen LogP contribution in [0.1, 0.15) is 11.7 Å². The van der Waals surface area contributed by atoms with Gasteiger partial charge < -0.3 is 5.32 Å². The molecule has 2 aromatic rings. The molecule has 0 saturated carbocycles. The summed E-state index contributed by atoms with van der Waals surface area (Å²) in [5, 5.41) is 7.61. The molecular weight excluding hydrogens is 390 g/mol. The van der Waals surface area contributed by atoms with Gasteiger partial charge in [-0.15, -0.1) is 11.8 Å². The van der Waals surface area contributed by atoms with Gasteiger partial charge in [-0.3, -0.25) is 4.68 Å². The summed E-state index contributed by atoms with van der Waals surface area (Å²) in [5.41, 5.74) is 1.17. The molecule has 0 amide bonds. The lowest BCUT2D eigenvalue weighted by Gasteiger charge is -2.17. The molecule has 1 N–H and O–H groups in total. The van der Waals surface area contributed by atoms with Crippen LogP contribution in [0.4, 0.5) is 0 Å². The average molecular weight is 405 g/mol. The summed E-state index contributed by atoms with van der Waals surface area (Å²) in [6, 6.07) is 8.64. The van der Waals surface area contributed by atoms with Gasteiger partial charge in [-0.05, 0) is 47.2 Å². The van der Waals surface area contributed by atoms with Crippen molar-refractivity contribution in [1.29, 1.82) is 0 Å². The van der Waals surface area contributed by atoms with Crippen LogP contribution in [0.2, 0.25) is 0 Å². The number of aryl methyl sites for hydroxylation is 1. The van der Waals surface area contributed by atoms with Gasteiger partial charge in [0.15, 0.2) is 0 Å². The minimum Gasteiger partial charge on any atom is -0.311 e. The van der Waals surface area contributed by atoms with Crippen molar-refractivity contribution >= 4 is 43.6 Å². The number of hydrogen-bond donors (Lipinski definition) is 1. The predicted molar refractivity (Wildman–Crippen MR) is 87.6 cm³/mol. The molecular formula is C13H15Br2N3S. The van der Waals surface area contributed by atoms with E-state index in [-0.39, 0.29) is 6.04 Å². The smallest absolute Gasteiger partial charge is 0.0700 e. The number of aromatic nitrogens is 2. The van der Waals surface area contributed by atoms with E-state index in [1.807, 2.05) is 36.7 Å². The van der Waals surface area contributed by atoms with Gasteiger partial charge in [0.1, 0.15) is 0 Å². The van der Waals surface area contributed by atoms with Gasteiger partial charge in [0.2, 0.25) is 0 Å². The van der Waals surface area contributed by atoms with Crippen molar-refractivity contribution in [1.82, 2.24) is 15.1 Å². The number of halogens is 2. The third-order valence-electron chi connectivity index (χ3n) is 2.85. The van der Waals surface area contributed by atoms with Gasteiger partial charge in [-0.25, -0.2) is 0 Å². The number of nitrogens with zero attached hydrogens (tertiary/aromatic N) is 2. The van der Waals surface area contributed by atoms with Crippen LogP contribution in [-0.2, 0) is 7.05 Å². The summed E-state index contributed by atoms with van der Waals surface area (Å²) in [7, 11) is 3.95. The largest absolute Gasteiger partial charge is 0.311 e. The van der Waals surface area contributed by atoms with E-state index in [0.717, 1.165) is 14.7 Å². The van der Waals surface area contributed by atoms with Crippen molar-refractivity contribution in [2.45, 2.75) is 10.9 Å². The van der Waals surface area contributed by atoms with E-state index in [4.69, 9.17) is 0 Å². The van der Waals surface area contributed by atoms with Gasteiger partial charge >= 0.3 is 0 Å². The van der Waals surface area contributed by atoms with Crippen molar-refractivity contribution in [2.24, 2.45) is 7.05 Å². The molecule has 19 heavy (non-hydrogen) atoms. The molecule has 0 bridgehead atoms. The summed E-state index contributed by atoms with van der Waals surface area (Å²) in [4.78, 5) is 1.27. The number of rotatable bonds is 5. The topological polar surface area (TPSA) is 29.9 Å². The Labute approximate surface area is 134 Å². The summed E-state index contributed by atoms with van der Waals surface area (Å²) in [5.74, 6) is 0.955. The fourth-order valence-electron chi connectivity index (χ4n) is 1.82. The normalized spacial score (nSPS) is 12.6. The molecule has 1 aromatic carbocycles. The Balaban J connectivity index is 2.06. The summed E-state index contributed by atoms with van der Waals surface area (Å²) < 4.78 is 4.06. The van der Waals surface area contributed by atoms with Gasteiger partial charge in [0.25, 0.3) is 0 Å². The molecule has 102 valence electrons. The molecule has 6 heteroatoms.